The molecule has 2 aliphatic rings. The first-order valence-electron chi connectivity index (χ1n) is 8.67. The van der Waals surface area contributed by atoms with Crippen LogP contribution >= 0.6 is 0 Å². The Morgan fingerprint density at radius 3 is 2.75 bits per heavy atom. The van der Waals surface area contributed by atoms with Gasteiger partial charge in [0.1, 0.15) is 0 Å². The van der Waals surface area contributed by atoms with Crippen LogP contribution in [0.2, 0.25) is 0 Å². The van der Waals surface area contributed by atoms with Crippen molar-refractivity contribution in [1.29, 1.82) is 0 Å². The topological polar surface area (TPSA) is 30.5 Å². The Bertz CT molecular complexity index is 274. The highest BCUT2D eigenvalue weighted by Gasteiger charge is 2.45. The van der Waals surface area contributed by atoms with E-state index in [-0.39, 0.29) is 5.60 Å². The van der Waals surface area contributed by atoms with Gasteiger partial charge in [0.2, 0.25) is 0 Å². The molecule has 1 heterocycles. The molecule has 3 nitrogen and oxygen atoms in total. The van der Waals surface area contributed by atoms with Crippen molar-refractivity contribution in [3.63, 3.8) is 0 Å². The van der Waals surface area contributed by atoms with Gasteiger partial charge in [0.15, 0.2) is 0 Å². The van der Waals surface area contributed by atoms with Crippen molar-refractivity contribution >= 4 is 0 Å². The standard InChI is InChI=1S/C17H33NO2/c1-4-18-16(15-9-7-11-19-13-15)17(20-5-2)10-6-8-14(3)12-17/h14-16,18H,4-13H2,1-3H3. The molecule has 2 fully saturated rings. The van der Waals surface area contributed by atoms with E-state index in [1.54, 1.807) is 0 Å². The lowest BCUT2D eigenvalue weighted by atomic mass is 9.70. The van der Waals surface area contributed by atoms with Crippen LogP contribution in [0, 0.1) is 11.8 Å². The van der Waals surface area contributed by atoms with Crippen molar-refractivity contribution in [3.8, 4) is 0 Å². The van der Waals surface area contributed by atoms with Crippen LogP contribution in [0.25, 0.3) is 0 Å². The molecule has 118 valence electrons. The molecule has 2 rings (SSSR count). The molecule has 0 aromatic heterocycles. The second-order valence-corrected chi connectivity index (χ2v) is 6.71. The first-order valence-corrected chi connectivity index (χ1v) is 8.67. The van der Waals surface area contributed by atoms with Crippen LogP contribution in [0.1, 0.15) is 59.3 Å². The Hall–Kier alpha value is -0.120. The zero-order valence-electron chi connectivity index (χ0n) is 13.6. The van der Waals surface area contributed by atoms with Gasteiger partial charge in [-0.2, -0.15) is 0 Å². The summed E-state index contributed by atoms with van der Waals surface area (Å²) in [6, 6.07) is 0.454. The lowest BCUT2D eigenvalue weighted by Gasteiger charge is -2.49. The number of rotatable bonds is 6. The normalized spacial score (nSPS) is 36.8. The van der Waals surface area contributed by atoms with E-state index in [9.17, 15) is 0 Å². The monoisotopic (exact) mass is 283 g/mol. The molecule has 0 aromatic rings. The van der Waals surface area contributed by atoms with E-state index in [1.165, 1.54) is 38.5 Å². The van der Waals surface area contributed by atoms with E-state index in [0.717, 1.165) is 32.3 Å². The van der Waals surface area contributed by atoms with Crippen LogP contribution in [0.15, 0.2) is 0 Å². The second kappa shape index (κ2) is 7.77. The molecular formula is C17H33NO2. The predicted octanol–water partition coefficient (Wildman–Crippen LogP) is 3.38. The van der Waals surface area contributed by atoms with Gasteiger partial charge in [-0.15, -0.1) is 0 Å². The zero-order chi connectivity index (χ0) is 14.4. The number of hydrogen-bond acceptors (Lipinski definition) is 3. The maximum Gasteiger partial charge on any atom is 0.0840 e. The number of likely N-dealkylation sites (N-methyl/N-ethyl adjacent to an activating group) is 1. The predicted molar refractivity (Wildman–Crippen MR) is 83.0 cm³/mol. The molecule has 0 radical (unpaired) electrons. The van der Waals surface area contributed by atoms with Crippen molar-refractivity contribution in [2.75, 3.05) is 26.4 Å². The molecule has 0 spiro atoms. The molecule has 0 amide bonds. The Balaban J connectivity index is 2.16. The maximum atomic E-state index is 6.39. The van der Waals surface area contributed by atoms with E-state index in [2.05, 4.69) is 26.1 Å². The van der Waals surface area contributed by atoms with E-state index in [4.69, 9.17) is 9.47 Å². The first kappa shape index (κ1) is 16.3. The molecule has 1 aliphatic heterocycles. The highest BCUT2D eigenvalue weighted by molar-refractivity contribution is 5.00. The largest absolute Gasteiger partial charge is 0.381 e. The molecular weight excluding hydrogens is 250 g/mol. The van der Waals surface area contributed by atoms with Crippen LogP contribution in [0.5, 0.6) is 0 Å². The number of nitrogens with one attached hydrogen (secondary N) is 1. The first-order chi connectivity index (χ1) is 9.72. The van der Waals surface area contributed by atoms with Gasteiger partial charge in [-0.3, -0.25) is 0 Å². The van der Waals surface area contributed by atoms with Gasteiger partial charge >= 0.3 is 0 Å². The lowest BCUT2D eigenvalue weighted by Crippen LogP contribution is -2.59. The molecule has 1 aliphatic carbocycles. The smallest absolute Gasteiger partial charge is 0.0840 e. The van der Waals surface area contributed by atoms with Crippen LogP contribution in [0.4, 0.5) is 0 Å². The minimum absolute atomic E-state index is 0.0355. The van der Waals surface area contributed by atoms with E-state index in [1.807, 2.05) is 0 Å². The third-order valence-electron chi connectivity index (χ3n) is 5.08. The summed E-state index contributed by atoms with van der Waals surface area (Å²) in [6.45, 7) is 10.4. The lowest BCUT2D eigenvalue weighted by molar-refractivity contribution is -0.124. The van der Waals surface area contributed by atoms with Gasteiger partial charge in [0.25, 0.3) is 0 Å². The van der Waals surface area contributed by atoms with Crippen LogP contribution < -0.4 is 5.32 Å². The second-order valence-electron chi connectivity index (χ2n) is 6.71. The van der Waals surface area contributed by atoms with Gasteiger partial charge in [0, 0.05) is 25.2 Å². The molecule has 1 saturated heterocycles. The zero-order valence-corrected chi connectivity index (χ0v) is 13.6. The molecule has 0 bridgehead atoms. The Morgan fingerprint density at radius 1 is 1.30 bits per heavy atom. The Labute approximate surface area is 124 Å². The van der Waals surface area contributed by atoms with Crippen molar-refractivity contribution in [1.82, 2.24) is 5.32 Å². The summed E-state index contributed by atoms with van der Waals surface area (Å²) in [5.74, 6) is 1.39. The maximum absolute atomic E-state index is 6.39. The molecule has 1 N–H and O–H groups in total. The number of hydrogen-bond donors (Lipinski definition) is 1. The summed E-state index contributed by atoms with van der Waals surface area (Å²) < 4.78 is 12.1. The van der Waals surface area contributed by atoms with E-state index < -0.39 is 0 Å². The fraction of sp³-hybridized carbons (Fsp3) is 1.00. The third kappa shape index (κ3) is 3.75. The van der Waals surface area contributed by atoms with Crippen molar-refractivity contribution in [2.45, 2.75) is 70.9 Å². The highest BCUT2D eigenvalue weighted by atomic mass is 16.5. The molecule has 20 heavy (non-hydrogen) atoms. The average Bonchev–Trinajstić information content (AvgIpc) is 2.46. The fourth-order valence-corrected chi connectivity index (χ4v) is 4.37. The third-order valence-corrected chi connectivity index (χ3v) is 5.08. The van der Waals surface area contributed by atoms with Crippen molar-refractivity contribution in [3.05, 3.63) is 0 Å². The summed E-state index contributed by atoms with van der Waals surface area (Å²) in [6.07, 6.45) is 7.55. The Morgan fingerprint density at radius 2 is 2.15 bits per heavy atom. The van der Waals surface area contributed by atoms with Crippen LogP contribution in [0.3, 0.4) is 0 Å². The van der Waals surface area contributed by atoms with Crippen LogP contribution in [-0.4, -0.2) is 38.0 Å². The van der Waals surface area contributed by atoms with Crippen molar-refractivity contribution in [2.24, 2.45) is 11.8 Å². The average molecular weight is 283 g/mol. The van der Waals surface area contributed by atoms with Gasteiger partial charge in [-0.05, 0) is 45.1 Å². The Kier molecular flexibility index (Phi) is 6.31. The van der Waals surface area contributed by atoms with Crippen LogP contribution in [-0.2, 0) is 9.47 Å². The highest BCUT2D eigenvalue weighted by Crippen LogP contribution is 2.41. The SMILES string of the molecule is CCNC(C1CCCOC1)C1(OCC)CCCC(C)C1. The van der Waals surface area contributed by atoms with Gasteiger partial charge < -0.3 is 14.8 Å². The number of ether oxygens (including phenoxy) is 2. The summed E-state index contributed by atoms with van der Waals surface area (Å²) in [5.41, 5.74) is 0.0355. The molecule has 1 saturated carbocycles. The molecule has 4 atom stereocenters. The van der Waals surface area contributed by atoms with Gasteiger partial charge in [-0.25, -0.2) is 0 Å². The molecule has 4 unspecified atom stereocenters. The summed E-state index contributed by atoms with van der Waals surface area (Å²) in [7, 11) is 0. The summed E-state index contributed by atoms with van der Waals surface area (Å²) in [4.78, 5) is 0. The molecule has 3 heteroatoms. The molecule has 0 aromatic carbocycles. The minimum Gasteiger partial charge on any atom is -0.381 e. The van der Waals surface area contributed by atoms with Gasteiger partial charge in [-0.1, -0.05) is 26.7 Å². The summed E-state index contributed by atoms with van der Waals surface area (Å²) >= 11 is 0. The van der Waals surface area contributed by atoms with E-state index >= 15 is 0 Å². The minimum atomic E-state index is 0.0355. The van der Waals surface area contributed by atoms with E-state index in [0.29, 0.717) is 12.0 Å². The van der Waals surface area contributed by atoms with Gasteiger partial charge in [0.05, 0.1) is 12.2 Å². The quantitative estimate of drug-likeness (QED) is 0.810. The summed E-state index contributed by atoms with van der Waals surface area (Å²) in [5, 5.41) is 3.76. The van der Waals surface area contributed by atoms with Crippen molar-refractivity contribution < 1.29 is 9.47 Å². The fourth-order valence-electron chi connectivity index (χ4n) is 4.37.